The van der Waals surface area contributed by atoms with E-state index in [9.17, 15) is 10.2 Å². The van der Waals surface area contributed by atoms with E-state index in [1.165, 1.54) is 6.42 Å². The van der Waals surface area contributed by atoms with E-state index in [1.807, 2.05) is 60.2 Å². The largest absolute Gasteiger partial charge is 0.510 e. The Labute approximate surface area is 158 Å². The molecule has 1 aromatic rings. The Morgan fingerprint density at radius 3 is 2.50 bits per heavy atom. The molecule has 1 heterocycles. The number of hydrogen-bond acceptors (Lipinski definition) is 4. The zero-order valence-electron chi connectivity index (χ0n) is 14.0. The topological polar surface area (TPSA) is 46.9 Å². The van der Waals surface area contributed by atoms with Crippen molar-refractivity contribution in [2.75, 3.05) is 11.9 Å². The molecule has 1 aromatic carbocycles. The van der Waals surface area contributed by atoms with Crippen molar-refractivity contribution in [2.45, 2.75) is 44.3 Å². The summed E-state index contributed by atoms with van der Waals surface area (Å²) in [5.41, 5.74) is 1.07. The Balaban J connectivity index is 0.000000167. The van der Waals surface area contributed by atoms with Crippen LogP contribution in [0, 0.1) is 24.6 Å². The Morgan fingerprint density at radius 1 is 1.08 bits per heavy atom. The number of nitrogens with zero attached hydrogens (tertiary/aromatic N) is 2. The minimum absolute atomic E-state index is 0. The summed E-state index contributed by atoms with van der Waals surface area (Å²) in [4.78, 5) is 4.03. The molecule has 5 heteroatoms. The van der Waals surface area contributed by atoms with Crippen LogP contribution >= 0.6 is 0 Å². The van der Waals surface area contributed by atoms with E-state index in [-0.39, 0.29) is 38.2 Å². The zero-order valence-corrected chi connectivity index (χ0v) is 16.4. The van der Waals surface area contributed by atoms with Gasteiger partial charge in [0.25, 0.3) is 0 Å². The van der Waals surface area contributed by atoms with Crippen LogP contribution in [0.1, 0.15) is 32.1 Å². The average molecular weight is 507 g/mol. The molecule has 4 unspecified atom stereocenters. The summed E-state index contributed by atoms with van der Waals surface area (Å²) in [5, 5.41) is 19.1. The van der Waals surface area contributed by atoms with E-state index in [1.54, 1.807) is 0 Å². The smallest absolute Gasteiger partial charge is 0.0595 e. The minimum Gasteiger partial charge on any atom is -0.510 e. The first-order valence-electron chi connectivity index (χ1n) is 8.51. The molecule has 2 aliphatic carbocycles. The van der Waals surface area contributed by atoms with E-state index in [4.69, 9.17) is 0 Å². The van der Waals surface area contributed by atoms with Gasteiger partial charge in [-0.2, -0.15) is 37.0 Å². The molecule has 0 bridgehead atoms. The van der Waals surface area contributed by atoms with Gasteiger partial charge < -0.3 is 20.0 Å². The number of rotatable bonds is 1. The van der Waals surface area contributed by atoms with Crippen LogP contribution in [0.15, 0.2) is 36.7 Å². The summed E-state index contributed by atoms with van der Waals surface area (Å²) in [5.74, 6) is 0.831. The summed E-state index contributed by atoms with van der Waals surface area (Å²) < 4.78 is 0. The molecule has 24 heavy (non-hydrogen) atoms. The van der Waals surface area contributed by atoms with Crippen molar-refractivity contribution in [3.63, 3.8) is 0 Å². The van der Waals surface area contributed by atoms with Gasteiger partial charge in [0.1, 0.15) is 0 Å². The maximum Gasteiger partial charge on any atom is 0.0595 e. The minimum atomic E-state index is -0.216. The fourth-order valence-electron chi connectivity index (χ4n) is 3.91. The van der Waals surface area contributed by atoms with Gasteiger partial charge in [-0.15, -0.1) is 5.69 Å². The van der Waals surface area contributed by atoms with Crippen LogP contribution in [0.4, 0.5) is 5.69 Å². The molecule has 0 amide bonds. The van der Waals surface area contributed by atoms with Crippen LogP contribution in [-0.4, -0.2) is 34.4 Å². The second-order valence-corrected chi connectivity index (χ2v) is 6.71. The van der Waals surface area contributed by atoms with Gasteiger partial charge in [-0.1, -0.05) is 6.42 Å². The first-order valence-corrected chi connectivity index (χ1v) is 8.51. The monoisotopic (exact) mass is 507 g/mol. The van der Waals surface area contributed by atoms with Crippen LogP contribution < -0.4 is 4.90 Å². The zero-order chi connectivity index (χ0) is 16.2. The Kier molecular flexibility index (Phi) is 7.30. The number of aliphatic hydroxyl groups excluding tert-OH is 2. The summed E-state index contributed by atoms with van der Waals surface area (Å²) in [6.45, 7) is 2.01. The molecule has 2 fully saturated rings. The van der Waals surface area contributed by atoms with Crippen LogP contribution in [-0.2, 0) is 20.1 Å². The molecule has 3 aliphatic rings. The van der Waals surface area contributed by atoms with Gasteiger partial charge in [0.2, 0.25) is 0 Å². The van der Waals surface area contributed by atoms with Crippen LogP contribution in [0.25, 0.3) is 0 Å². The van der Waals surface area contributed by atoms with Gasteiger partial charge >= 0.3 is 0 Å². The second kappa shape index (κ2) is 9.00. The molecule has 4 atom stereocenters. The van der Waals surface area contributed by atoms with Gasteiger partial charge in [0, 0.05) is 26.0 Å². The summed E-state index contributed by atoms with van der Waals surface area (Å²) in [6, 6.07) is 11.1. The van der Waals surface area contributed by atoms with E-state index >= 15 is 0 Å². The number of hydrogen-bond donors (Lipinski definition) is 2. The molecular formula is C19H26IrN2O2-2. The summed E-state index contributed by atoms with van der Waals surface area (Å²) in [6.07, 6.45) is 8.88. The van der Waals surface area contributed by atoms with Crippen molar-refractivity contribution in [3.05, 3.63) is 49.4 Å². The third-order valence-corrected chi connectivity index (χ3v) is 5.08. The number of aliphatic hydroxyl groups is 2. The van der Waals surface area contributed by atoms with Crippen molar-refractivity contribution in [2.24, 2.45) is 11.8 Å². The van der Waals surface area contributed by atoms with Crippen molar-refractivity contribution in [1.82, 2.24) is 4.90 Å². The van der Waals surface area contributed by atoms with Crippen LogP contribution in [0.5, 0.6) is 0 Å². The van der Waals surface area contributed by atoms with E-state index in [0.29, 0.717) is 5.92 Å². The molecule has 4 rings (SSSR count). The molecule has 4 nitrogen and oxygen atoms in total. The van der Waals surface area contributed by atoms with Crippen LogP contribution in [0.3, 0.4) is 0 Å². The molecule has 2 saturated carbocycles. The van der Waals surface area contributed by atoms with Gasteiger partial charge in [0.05, 0.1) is 12.2 Å². The molecular weight excluding hydrogens is 480 g/mol. The average Bonchev–Trinajstić information content (AvgIpc) is 3.16. The standard InChI is InChI=1S/C10H10N2.C9H16O2.Ir/c1-11-7-8-12(9-11)10-5-3-2-4-6-10;10-7-3-1-2-6-4-5-8(11)9(6)7;/h2-5,7-9H,1H3;6-11H,1-5H2;/q-2;;. The van der Waals surface area contributed by atoms with E-state index in [0.717, 1.165) is 31.4 Å². The van der Waals surface area contributed by atoms with Gasteiger partial charge in [0.15, 0.2) is 0 Å². The van der Waals surface area contributed by atoms with Gasteiger partial charge in [-0.3, -0.25) is 0 Å². The molecule has 0 saturated heterocycles. The summed E-state index contributed by atoms with van der Waals surface area (Å²) >= 11 is 0. The number of fused-ring (bicyclic) bond motifs is 1. The molecule has 2 N–H and O–H groups in total. The molecule has 0 aromatic heterocycles. The Bertz CT molecular complexity index is 523. The third-order valence-electron chi connectivity index (χ3n) is 5.08. The third kappa shape index (κ3) is 4.60. The van der Waals surface area contributed by atoms with Crippen molar-refractivity contribution in [3.8, 4) is 0 Å². The predicted molar refractivity (Wildman–Crippen MR) is 91.0 cm³/mol. The molecule has 135 valence electrons. The number of anilines is 1. The van der Waals surface area contributed by atoms with Crippen LogP contribution in [0.2, 0.25) is 0 Å². The second-order valence-electron chi connectivity index (χ2n) is 6.71. The number of benzene rings is 1. The predicted octanol–water partition coefficient (Wildman–Crippen LogP) is 2.74. The fourth-order valence-corrected chi connectivity index (χ4v) is 3.91. The molecule has 1 aliphatic heterocycles. The van der Waals surface area contributed by atoms with Crippen molar-refractivity contribution < 1.29 is 30.3 Å². The maximum absolute atomic E-state index is 9.59. The molecule has 1 radical (unpaired) electrons. The van der Waals surface area contributed by atoms with E-state index in [2.05, 4.69) is 6.07 Å². The Hall–Kier alpha value is -0.871. The van der Waals surface area contributed by atoms with E-state index < -0.39 is 0 Å². The first-order chi connectivity index (χ1) is 11.1. The van der Waals surface area contributed by atoms with Gasteiger partial charge in [-0.05, 0) is 51.0 Å². The normalized spacial score (nSPS) is 31.1. The Morgan fingerprint density at radius 2 is 1.88 bits per heavy atom. The van der Waals surface area contributed by atoms with Gasteiger partial charge in [-0.25, -0.2) is 0 Å². The molecule has 0 spiro atoms. The first kappa shape index (κ1) is 19.5. The maximum atomic E-state index is 9.59. The fraction of sp³-hybridized carbons (Fsp3) is 0.526. The van der Waals surface area contributed by atoms with Crippen molar-refractivity contribution in [1.29, 1.82) is 0 Å². The number of para-hydroxylation sites is 1. The summed E-state index contributed by atoms with van der Waals surface area (Å²) in [7, 11) is 2.00. The van der Waals surface area contributed by atoms with Crippen molar-refractivity contribution >= 4 is 5.69 Å². The quantitative estimate of drug-likeness (QED) is 0.576. The SMILES string of the molecule is CN1C=CN(c2[c-]cccc2)[CH-]1.OC1CCCC2CCC(O)C12.[Ir].